The number of benzene rings is 1. The Balaban J connectivity index is 1.87. The molecule has 1 aliphatic rings. The molecule has 1 aromatic carbocycles. The van der Waals surface area contributed by atoms with E-state index in [1.54, 1.807) is 18.0 Å². The van der Waals surface area contributed by atoms with Crippen LogP contribution in [0, 0.1) is 6.92 Å². The van der Waals surface area contributed by atoms with Gasteiger partial charge in [0.25, 0.3) is 0 Å². The lowest BCUT2D eigenvalue weighted by atomic mass is 10.1. The largest absolute Gasteiger partial charge is 0.321 e. The Bertz CT molecular complexity index is 627. The van der Waals surface area contributed by atoms with Crippen LogP contribution in [-0.2, 0) is 11.3 Å². The van der Waals surface area contributed by atoms with Crippen LogP contribution < -0.4 is 0 Å². The third-order valence-corrected chi connectivity index (χ3v) is 5.08. The van der Waals surface area contributed by atoms with E-state index >= 15 is 0 Å². The summed E-state index contributed by atoms with van der Waals surface area (Å²) in [6.07, 6.45) is 3.58. The van der Waals surface area contributed by atoms with Crippen molar-refractivity contribution in [2.75, 3.05) is 0 Å². The maximum absolute atomic E-state index is 12.4. The van der Waals surface area contributed by atoms with Crippen LogP contribution >= 0.6 is 11.8 Å². The number of thioether (sulfide) groups is 1. The second-order valence-corrected chi connectivity index (χ2v) is 6.79. The summed E-state index contributed by atoms with van der Waals surface area (Å²) < 4.78 is 0. The topological polar surface area (TPSA) is 33.2 Å². The van der Waals surface area contributed by atoms with E-state index in [-0.39, 0.29) is 16.5 Å². The molecule has 21 heavy (non-hydrogen) atoms. The monoisotopic (exact) mass is 298 g/mol. The van der Waals surface area contributed by atoms with Crippen molar-refractivity contribution in [1.29, 1.82) is 0 Å². The van der Waals surface area contributed by atoms with Gasteiger partial charge in [-0.05, 0) is 31.0 Å². The molecule has 1 aromatic heterocycles. The minimum atomic E-state index is 0.00738. The summed E-state index contributed by atoms with van der Waals surface area (Å²) in [4.78, 5) is 18.5. The van der Waals surface area contributed by atoms with E-state index in [0.717, 1.165) is 5.56 Å². The second kappa shape index (κ2) is 5.90. The van der Waals surface area contributed by atoms with Gasteiger partial charge in [-0.3, -0.25) is 9.78 Å². The fourth-order valence-corrected chi connectivity index (χ4v) is 3.79. The zero-order valence-corrected chi connectivity index (χ0v) is 13.0. The van der Waals surface area contributed by atoms with Crippen LogP contribution in [-0.4, -0.2) is 21.0 Å². The van der Waals surface area contributed by atoms with E-state index in [1.165, 1.54) is 11.1 Å². The molecule has 108 valence electrons. The molecule has 2 atom stereocenters. The highest BCUT2D eigenvalue weighted by Gasteiger charge is 2.38. The van der Waals surface area contributed by atoms with E-state index in [1.807, 2.05) is 30.2 Å². The Hall–Kier alpha value is -1.81. The number of hydrogen-bond acceptors (Lipinski definition) is 3. The summed E-state index contributed by atoms with van der Waals surface area (Å²) in [5.74, 6) is 0.203. The standard InChI is InChI=1S/C17H18N2OS/c1-12-5-7-15(8-6-12)17-19(16(20)13(2)21-17)11-14-4-3-9-18-10-14/h3-10,13,17H,11H2,1-2H3. The zero-order valence-electron chi connectivity index (χ0n) is 12.2. The number of hydrogen-bond donors (Lipinski definition) is 0. The molecule has 3 nitrogen and oxygen atoms in total. The molecule has 2 aromatic rings. The van der Waals surface area contributed by atoms with Gasteiger partial charge in [0.05, 0.1) is 5.25 Å². The molecule has 1 saturated heterocycles. The minimum absolute atomic E-state index is 0.00738. The van der Waals surface area contributed by atoms with Gasteiger partial charge in [0.2, 0.25) is 5.91 Å². The average molecular weight is 298 g/mol. The molecule has 0 bridgehead atoms. The van der Waals surface area contributed by atoms with Gasteiger partial charge in [-0.25, -0.2) is 0 Å². The van der Waals surface area contributed by atoms with Crippen LogP contribution in [0.2, 0.25) is 0 Å². The predicted molar refractivity (Wildman–Crippen MR) is 85.8 cm³/mol. The highest BCUT2D eigenvalue weighted by Crippen LogP contribution is 2.43. The van der Waals surface area contributed by atoms with Crippen molar-refractivity contribution in [2.24, 2.45) is 0 Å². The second-order valence-electron chi connectivity index (χ2n) is 5.37. The van der Waals surface area contributed by atoms with Crippen molar-refractivity contribution in [3.05, 3.63) is 65.5 Å². The van der Waals surface area contributed by atoms with Crippen molar-refractivity contribution < 1.29 is 4.79 Å². The molecule has 0 aliphatic carbocycles. The third-order valence-electron chi connectivity index (χ3n) is 3.69. The predicted octanol–water partition coefficient (Wildman–Crippen LogP) is 3.55. The van der Waals surface area contributed by atoms with Crippen LogP contribution in [0.5, 0.6) is 0 Å². The van der Waals surface area contributed by atoms with E-state index in [9.17, 15) is 4.79 Å². The number of amides is 1. The molecule has 1 fully saturated rings. The van der Waals surface area contributed by atoms with Gasteiger partial charge in [0.15, 0.2) is 0 Å². The molecule has 0 saturated carbocycles. The van der Waals surface area contributed by atoms with Crippen LogP contribution in [0.4, 0.5) is 0 Å². The Morgan fingerprint density at radius 1 is 1.24 bits per heavy atom. The summed E-state index contributed by atoms with van der Waals surface area (Å²) in [6.45, 7) is 4.67. The van der Waals surface area contributed by atoms with Gasteiger partial charge in [-0.2, -0.15) is 0 Å². The lowest BCUT2D eigenvalue weighted by molar-refractivity contribution is -0.130. The van der Waals surface area contributed by atoms with Crippen LogP contribution in [0.25, 0.3) is 0 Å². The number of aromatic nitrogens is 1. The van der Waals surface area contributed by atoms with Crippen molar-refractivity contribution in [2.45, 2.75) is 31.0 Å². The first-order chi connectivity index (χ1) is 10.1. The first-order valence-electron chi connectivity index (χ1n) is 7.06. The van der Waals surface area contributed by atoms with Crippen molar-refractivity contribution >= 4 is 17.7 Å². The normalized spacial score (nSPS) is 21.8. The van der Waals surface area contributed by atoms with Gasteiger partial charge >= 0.3 is 0 Å². The van der Waals surface area contributed by atoms with Crippen molar-refractivity contribution in [3.63, 3.8) is 0 Å². The molecule has 0 N–H and O–H groups in total. The summed E-state index contributed by atoms with van der Waals surface area (Å²) in [6, 6.07) is 12.4. The fourth-order valence-electron chi connectivity index (χ4n) is 2.51. The zero-order chi connectivity index (χ0) is 14.8. The molecule has 0 spiro atoms. The minimum Gasteiger partial charge on any atom is -0.321 e. The molecule has 1 aliphatic heterocycles. The summed E-state index contributed by atoms with van der Waals surface area (Å²) >= 11 is 1.72. The van der Waals surface area contributed by atoms with Crippen LogP contribution in [0.3, 0.4) is 0 Å². The van der Waals surface area contributed by atoms with Gasteiger partial charge in [0.1, 0.15) is 5.37 Å². The molecule has 0 radical (unpaired) electrons. The number of pyridine rings is 1. The lowest BCUT2D eigenvalue weighted by Crippen LogP contribution is -2.29. The van der Waals surface area contributed by atoms with Crippen molar-refractivity contribution in [3.8, 4) is 0 Å². The molecule has 3 rings (SSSR count). The maximum atomic E-state index is 12.4. The molecular formula is C17H18N2OS. The molecular weight excluding hydrogens is 280 g/mol. The van der Waals surface area contributed by atoms with Crippen LogP contribution in [0.15, 0.2) is 48.8 Å². The number of carbonyl (C=O) groups is 1. The highest BCUT2D eigenvalue weighted by atomic mass is 32.2. The number of nitrogens with zero attached hydrogens (tertiary/aromatic N) is 2. The van der Waals surface area contributed by atoms with Crippen molar-refractivity contribution in [1.82, 2.24) is 9.88 Å². The Kier molecular flexibility index (Phi) is 3.97. The summed E-state index contributed by atoms with van der Waals surface area (Å²) in [7, 11) is 0. The van der Waals surface area contributed by atoms with Crippen LogP contribution in [0.1, 0.15) is 29.0 Å². The molecule has 4 heteroatoms. The Labute approximate surface area is 129 Å². The van der Waals surface area contributed by atoms with E-state index in [0.29, 0.717) is 6.54 Å². The first-order valence-corrected chi connectivity index (χ1v) is 8.01. The highest BCUT2D eigenvalue weighted by molar-refractivity contribution is 8.01. The first kappa shape index (κ1) is 14.1. The average Bonchev–Trinajstić information content (AvgIpc) is 2.78. The Morgan fingerprint density at radius 3 is 2.67 bits per heavy atom. The lowest BCUT2D eigenvalue weighted by Gasteiger charge is -2.24. The van der Waals surface area contributed by atoms with E-state index < -0.39 is 0 Å². The SMILES string of the molecule is Cc1ccc(C2SC(C)C(=O)N2Cc2cccnc2)cc1. The smallest absolute Gasteiger partial charge is 0.236 e. The number of aryl methyl sites for hydroxylation is 1. The van der Waals surface area contributed by atoms with Gasteiger partial charge in [-0.15, -0.1) is 11.8 Å². The Morgan fingerprint density at radius 2 is 2.00 bits per heavy atom. The third kappa shape index (κ3) is 2.95. The number of carbonyl (C=O) groups excluding carboxylic acids is 1. The van der Waals surface area contributed by atoms with Gasteiger partial charge in [-0.1, -0.05) is 35.9 Å². The molecule has 1 amide bonds. The molecule has 2 unspecified atom stereocenters. The summed E-state index contributed by atoms with van der Waals surface area (Å²) in [5.41, 5.74) is 3.49. The fraction of sp³-hybridized carbons (Fsp3) is 0.294. The number of rotatable bonds is 3. The summed E-state index contributed by atoms with van der Waals surface area (Å²) in [5, 5.41) is 0.0984. The molecule has 2 heterocycles. The van der Waals surface area contributed by atoms with E-state index in [2.05, 4.69) is 36.2 Å². The maximum Gasteiger partial charge on any atom is 0.236 e. The van der Waals surface area contributed by atoms with Gasteiger partial charge in [0, 0.05) is 18.9 Å². The van der Waals surface area contributed by atoms with Gasteiger partial charge < -0.3 is 4.90 Å². The van der Waals surface area contributed by atoms with E-state index in [4.69, 9.17) is 0 Å². The quantitative estimate of drug-likeness (QED) is 0.869.